The van der Waals surface area contributed by atoms with Crippen molar-refractivity contribution in [2.24, 2.45) is 0 Å². The largest absolute Gasteiger partial charge is 0.374 e. The molecule has 0 fully saturated rings. The number of H-pyrrole nitrogens is 1. The van der Waals surface area contributed by atoms with Crippen LogP contribution >= 0.6 is 23.1 Å². The molecular formula is C13H20N6OS2. The molecule has 1 amide bonds. The molecule has 2 aromatic rings. The summed E-state index contributed by atoms with van der Waals surface area (Å²) >= 11 is 2.63. The van der Waals surface area contributed by atoms with Crippen LogP contribution in [0.15, 0.2) is 10.4 Å². The number of nitrogen functional groups attached to an aromatic ring is 1. The number of carbonyl (C=O) groups excluding carboxylic acids is 1. The zero-order chi connectivity index (χ0) is 16.3. The number of nitrogens with zero attached hydrogens (tertiary/aromatic N) is 4. The monoisotopic (exact) mass is 340 g/mol. The molecule has 22 heavy (non-hydrogen) atoms. The summed E-state index contributed by atoms with van der Waals surface area (Å²) in [6.07, 6.45) is 0. The minimum atomic E-state index is -0.00897. The third-order valence-corrected chi connectivity index (χ3v) is 4.84. The fourth-order valence-corrected chi connectivity index (χ4v) is 3.26. The van der Waals surface area contributed by atoms with Gasteiger partial charge in [0, 0.05) is 12.5 Å². The number of hydrogen-bond donors (Lipinski definition) is 2. The zero-order valence-corrected chi connectivity index (χ0v) is 14.7. The first-order valence-corrected chi connectivity index (χ1v) is 8.56. The quantitative estimate of drug-likeness (QED) is 0.806. The summed E-state index contributed by atoms with van der Waals surface area (Å²) < 4.78 is 0.704. The van der Waals surface area contributed by atoms with E-state index < -0.39 is 0 Å². The molecule has 0 radical (unpaired) electrons. The van der Waals surface area contributed by atoms with Crippen LogP contribution in [0.25, 0.3) is 0 Å². The SMILES string of the molecule is CN(Cc1cc(C(C)(C)C)n[nH]1)C(=O)CSc1nnc(N)s1. The molecule has 7 nitrogen and oxygen atoms in total. The molecule has 0 atom stereocenters. The van der Waals surface area contributed by atoms with Crippen LogP contribution in [0.2, 0.25) is 0 Å². The minimum Gasteiger partial charge on any atom is -0.374 e. The van der Waals surface area contributed by atoms with Crippen molar-refractivity contribution in [3.63, 3.8) is 0 Å². The van der Waals surface area contributed by atoms with Crippen LogP contribution in [0, 0.1) is 0 Å². The van der Waals surface area contributed by atoms with E-state index in [1.165, 1.54) is 23.1 Å². The highest BCUT2D eigenvalue weighted by Gasteiger charge is 2.18. The summed E-state index contributed by atoms with van der Waals surface area (Å²) in [5, 5.41) is 15.3. The van der Waals surface area contributed by atoms with Crippen molar-refractivity contribution in [1.82, 2.24) is 25.3 Å². The summed E-state index contributed by atoms with van der Waals surface area (Å²) in [6.45, 7) is 6.81. The third-order valence-electron chi connectivity index (χ3n) is 2.97. The molecule has 0 unspecified atom stereocenters. The van der Waals surface area contributed by atoms with Crippen molar-refractivity contribution in [3.8, 4) is 0 Å². The summed E-state index contributed by atoms with van der Waals surface area (Å²) in [7, 11) is 1.77. The second kappa shape index (κ2) is 6.66. The number of aromatic nitrogens is 4. The number of amides is 1. The molecule has 2 rings (SSSR count). The maximum absolute atomic E-state index is 12.1. The van der Waals surface area contributed by atoms with Gasteiger partial charge in [-0.1, -0.05) is 43.9 Å². The minimum absolute atomic E-state index is 0.00897. The van der Waals surface area contributed by atoms with Gasteiger partial charge in [0.2, 0.25) is 11.0 Å². The van der Waals surface area contributed by atoms with Gasteiger partial charge in [-0.2, -0.15) is 5.10 Å². The number of hydrogen-bond acceptors (Lipinski definition) is 7. The highest BCUT2D eigenvalue weighted by atomic mass is 32.2. The molecule has 2 aromatic heterocycles. The average Bonchev–Trinajstić information content (AvgIpc) is 3.04. The first-order chi connectivity index (χ1) is 10.3. The van der Waals surface area contributed by atoms with Crippen LogP contribution in [0.5, 0.6) is 0 Å². The fourth-order valence-electron chi connectivity index (χ4n) is 1.68. The van der Waals surface area contributed by atoms with Crippen LogP contribution in [-0.2, 0) is 16.8 Å². The normalized spacial score (nSPS) is 11.6. The van der Waals surface area contributed by atoms with Crippen molar-refractivity contribution in [2.45, 2.75) is 37.1 Å². The second-order valence-electron chi connectivity index (χ2n) is 5.97. The summed E-state index contributed by atoms with van der Waals surface area (Å²) in [4.78, 5) is 13.8. The molecular weight excluding hydrogens is 320 g/mol. The van der Waals surface area contributed by atoms with Gasteiger partial charge in [-0.3, -0.25) is 9.89 Å². The number of rotatable bonds is 5. The number of anilines is 1. The molecule has 0 saturated heterocycles. The Labute approximate surface area is 137 Å². The van der Waals surface area contributed by atoms with E-state index in [0.29, 0.717) is 21.8 Å². The topological polar surface area (TPSA) is 101 Å². The van der Waals surface area contributed by atoms with E-state index in [1.54, 1.807) is 11.9 Å². The molecule has 0 spiro atoms. The molecule has 3 N–H and O–H groups in total. The highest BCUT2D eigenvalue weighted by Crippen LogP contribution is 2.24. The smallest absolute Gasteiger partial charge is 0.233 e. The number of carbonyl (C=O) groups is 1. The Morgan fingerprint density at radius 1 is 1.45 bits per heavy atom. The van der Waals surface area contributed by atoms with E-state index >= 15 is 0 Å². The van der Waals surface area contributed by atoms with Crippen LogP contribution in [0.1, 0.15) is 32.2 Å². The lowest BCUT2D eigenvalue weighted by Gasteiger charge is -2.16. The molecule has 2 heterocycles. The van der Waals surface area contributed by atoms with Gasteiger partial charge in [0.15, 0.2) is 4.34 Å². The fraction of sp³-hybridized carbons (Fsp3) is 0.538. The van der Waals surface area contributed by atoms with Crippen molar-refractivity contribution >= 4 is 34.1 Å². The van der Waals surface area contributed by atoms with Gasteiger partial charge in [0.1, 0.15) is 0 Å². The highest BCUT2D eigenvalue weighted by molar-refractivity contribution is 8.01. The zero-order valence-electron chi connectivity index (χ0n) is 13.1. The average molecular weight is 340 g/mol. The van der Waals surface area contributed by atoms with Crippen molar-refractivity contribution in [1.29, 1.82) is 0 Å². The Balaban J connectivity index is 1.87. The van der Waals surface area contributed by atoms with E-state index in [1.807, 2.05) is 6.07 Å². The summed E-state index contributed by atoms with van der Waals surface area (Å²) in [6, 6.07) is 2.00. The maximum atomic E-state index is 12.1. The number of nitrogens with two attached hydrogens (primary N) is 1. The van der Waals surface area contributed by atoms with Gasteiger partial charge in [-0.15, -0.1) is 10.2 Å². The van der Waals surface area contributed by atoms with Gasteiger partial charge in [0.25, 0.3) is 0 Å². The first-order valence-electron chi connectivity index (χ1n) is 6.76. The predicted octanol–water partition coefficient (Wildman–Crippen LogP) is 1.89. The molecule has 0 aliphatic rings. The lowest BCUT2D eigenvalue weighted by molar-refractivity contribution is -0.127. The van der Waals surface area contributed by atoms with Gasteiger partial charge < -0.3 is 10.6 Å². The van der Waals surface area contributed by atoms with Gasteiger partial charge in [0.05, 0.1) is 23.7 Å². The Kier molecular flexibility index (Phi) is 5.07. The lowest BCUT2D eigenvalue weighted by atomic mass is 9.92. The van der Waals surface area contributed by atoms with E-state index in [4.69, 9.17) is 5.73 Å². The van der Waals surface area contributed by atoms with Gasteiger partial charge in [-0.05, 0) is 6.07 Å². The Morgan fingerprint density at radius 3 is 2.73 bits per heavy atom. The van der Waals surface area contributed by atoms with E-state index in [-0.39, 0.29) is 11.3 Å². The summed E-state index contributed by atoms with van der Waals surface area (Å²) in [5.74, 6) is 0.330. The van der Waals surface area contributed by atoms with Crippen LogP contribution in [0.3, 0.4) is 0 Å². The molecule has 0 aliphatic heterocycles. The van der Waals surface area contributed by atoms with Gasteiger partial charge in [-0.25, -0.2) is 0 Å². The number of aromatic amines is 1. The molecule has 120 valence electrons. The Hall–Kier alpha value is -1.61. The van der Waals surface area contributed by atoms with Crippen LogP contribution < -0.4 is 5.73 Å². The molecule has 0 aliphatic carbocycles. The number of thioether (sulfide) groups is 1. The van der Waals surface area contributed by atoms with Crippen molar-refractivity contribution < 1.29 is 4.79 Å². The van der Waals surface area contributed by atoms with Crippen LogP contribution in [-0.4, -0.2) is 44.0 Å². The van der Waals surface area contributed by atoms with E-state index in [9.17, 15) is 4.79 Å². The van der Waals surface area contributed by atoms with Crippen molar-refractivity contribution in [2.75, 3.05) is 18.5 Å². The van der Waals surface area contributed by atoms with E-state index in [0.717, 1.165) is 11.4 Å². The summed E-state index contributed by atoms with van der Waals surface area (Å²) in [5.41, 5.74) is 7.41. The first kappa shape index (κ1) is 16.8. The molecule has 9 heteroatoms. The molecule has 0 bridgehead atoms. The molecule has 0 aromatic carbocycles. The predicted molar refractivity (Wildman–Crippen MR) is 88.8 cm³/mol. The Bertz CT molecular complexity index is 645. The molecule has 0 saturated carbocycles. The Morgan fingerprint density at radius 2 is 2.18 bits per heavy atom. The standard InChI is InChI=1S/C13H20N6OS2/c1-13(2,3)9-5-8(15-16-9)6-19(4)10(20)7-21-12-18-17-11(14)22-12/h5H,6-7H2,1-4H3,(H2,14,17)(H,15,16). The van der Waals surface area contributed by atoms with E-state index in [2.05, 4.69) is 41.2 Å². The van der Waals surface area contributed by atoms with Gasteiger partial charge >= 0.3 is 0 Å². The number of nitrogens with one attached hydrogen (secondary N) is 1. The van der Waals surface area contributed by atoms with Crippen LogP contribution in [0.4, 0.5) is 5.13 Å². The van der Waals surface area contributed by atoms with Crippen molar-refractivity contribution in [3.05, 3.63) is 17.5 Å². The third kappa shape index (κ3) is 4.44. The maximum Gasteiger partial charge on any atom is 0.233 e. The lowest BCUT2D eigenvalue weighted by Crippen LogP contribution is -2.27. The second-order valence-corrected chi connectivity index (χ2v) is 8.20.